The third-order valence-electron chi connectivity index (χ3n) is 11.1. The summed E-state index contributed by atoms with van der Waals surface area (Å²) in [6, 6.07) is 73.1. The van der Waals surface area contributed by atoms with Crippen LogP contribution >= 0.6 is 0 Å². The molecule has 57 heavy (non-hydrogen) atoms. The molecule has 0 fully saturated rings. The number of aromatic nitrogens is 2. The number of rotatable bonds is 7. The van der Waals surface area contributed by atoms with Crippen molar-refractivity contribution in [3.63, 3.8) is 0 Å². The van der Waals surface area contributed by atoms with Gasteiger partial charge in [-0.05, 0) is 76.3 Å². The first-order valence-electron chi connectivity index (χ1n) is 19.3. The number of fused-ring (bicyclic) bond motifs is 6. The molecule has 8 aromatic carbocycles. The lowest BCUT2D eigenvalue weighted by atomic mass is 9.92. The van der Waals surface area contributed by atoms with Crippen LogP contribution in [0, 0.1) is 0 Å². The molecule has 0 aliphatic rings. The van der Waals surface area contributed by atoms with Gasteiger partial charge in [0.2, 0.25) is 0 Å². The molecule has 0 bridgehead atoms. The SMILES string of the molecule is c1ccc(-c2ccc(N(c3cc4oc5ccccc5c4cn3)c3cccc(-c4ccccc4)c3-c3cccc(-n4c5ccccc5c5ccccc54)c3)cc2)cc1. The number of hydrogen-bond acceptors (Lipinski definition) is 3. The monoisotopic (exact) mass is 729 g/mol. The molecule has 0 aliphatic heterocycles. The molecule has 3 heterocycles. The van der Waals surface area contributed by atoms with E-state index in [-0.39, 0.29) is 0 Å². The van der Waals surface area contributed by atoms with E-state index >= 15 is 0 Å². The molecule has 0 radical (unpaired) electrons. The second kappa shape index (κ2) is 13.6. The van der Waals surface area contributed by atoms with Gasteiger partial charge in [-0.25, -0.2) is 4.98 Å². The van der Waals surface area contributed by atoms with Crippen LogP contribution in [-0.2, 0) is 0 Å². The maximum absolute atomic E-state index is 6.46. The Bertz CT molecular complexity index is 3180. The molecule has 11 rings (SSSR count). The zero-order valence-corrected chi connectivity index (χ0v) is 31.0. The average molecular weight is 730 g/mol. The van der Waals surface area contributed by atoms with Crippen LogP contribution in [0.4, 0.5) is 17.2 Å². The van der Waals surface area contributed by atoms with Gasteiger partial charge >= 0.3 is 0 Å². The Balaban J connectivity index is 1.16. The third-order valence-corrected chi connectivity index (χ3v) is 11.1. The Morgan fingerprint density at radius 3 is 1.75 bits per heavy atom. The van der Waals surface area contributed by atoms with E-state index in [0.29, 0.717) is 0 Å². The Hall–Kier alpha value is -7.69. The summed E-state index contributed by atoms with van der Waals surface area (Å²) in [6.07, 6.45) is 1.95. The van der Waals surface area contributed by atoms with Gasteiger partial charge < -0.3 is 8.98 Å². The van der Waals surface area contributed by atoms with E-state index in [1.165, 1.54) is 27.4 Å². The van der Waals surface area contributed by atoms with Crippen molar-refractivity contribution in [2.24, 2.45) is 0 Å². The molecule has 4 nitrogen and oxygen atoms in total. The number of benzene rings is 8. The summed E-state index contributed by atoms with van der Waals surface area (Å²) in [4.78, 5) is 7.46. The van der Waals surface area contributed by atoms with Crippen LogP contribution in [0.3, 0.4) is 0 Å². The predicted molar refractivity (Wildman–Crippen MR) is 237 cm³/mol. The number of furan rings is 1. The summed E-state index contributed by atoms with van der Waals surface area (Å²) in [5, 5.41) is 4.52. The standard InChI is InChI=1S/C53H35N3O/c1-3-15-36(16-4-1)37-29-31-40(32-30-37)56(52-34-51-46(35-54-52)45-23-9-12-28-50(45)57-51)49-27-14-24-42(38-17-5-2-6-18-38)53(49)39-19-13-20-41(33-39)55-47-25-10-7-21-43(47)44-22-8-11-26-48(44)55/h1-35H. The number of para-hydroxylation sites is 3. The molecule has 0 saturated carbocycles. The van der Waals surface area contributed by atoms with Crippen LogP contribution < -0.4 is 4.90 Å². The number of pyridine rings is 1. The molecular formula is C53H35N3O. The van der Waals surface area contributed by atoms with E-state index < -0.39 is 0 Å². The van der Waals surface area contributed by atoms with Crippen molar-refractivity contribution in [2.45, 2.75) is 0 Å². The Morgan fingerprint density at radius 2 is 1.02 bits per heavy atom. The average Bonchev–Trinajstić information content (AvgIpc) is 3.83. The van der Waals surface area contributed by atoms with Crippen molar-refractivity contribution in [1.29, 1.82) is 0 Å². The van der Waals surface area contributed by atoms with Gasteiger partial charge in [-0.2, -0.15) is 0 Å². The van der Waals surface area contributed by atoms with E-state index in [2.05, 4.69) is 198 Å². The molecule has 0 atom stereocenters. The van der Waals surface area contributed by atoms with Crippen molar-refractivity contribution in [3.05, 3.63) is 212 Å². The Labute approximate surface area is 330 Å². The van der Waals surface area contributed by atoms with E-state index in [1.54, 1.807) is 0 Å². The molecule has 0 aliphatic carbocycles. The maximum atomic E-state index is 6.46. The van der Waals surface area contributed by atoms with Crippen molar-refractivity contribution in [1.82, 2.24) is 9.55 Å². The highest BCUT2D eigenvalue weighted by Gasteiger charge is 2.23. The van der Waals surface area contributed by atoms with Gasteiger partial charge in [0, 0.05) is 50.7 Å². The van der Waals surface area contributed by atoms with Gasteiger partial charge in [0.25, 0.3) is 0 Å². The third kappa shape index (κ3) is 5.58. The van der Waals surface area contributed by atoms with Gasteiger partial charge in [0.1, 0.15) is 17.0 Å². The Kier molecular flexibility index (Phi) is 7.78. The lowest BCUT2D eigenvalue weighted by molar-refractivity contribution is 0.668. The summed E-state index contributed by atoms with van der Waals surface area (Å²) in [7, 11) is 0. The normalized spacial score (nSPS) is 11.5. The summed E-state index contributed by atoms with van der Waals surface area (Å²) < 4.78 is 8.84. The first kappa shape index (κ1) is 32.7. The summed E-state index contributed by atoms with van der Waals surface area (Å²) in [5.74, 6) is 0.763. The smallest absolute Gasteiger partial charge is 0.141 e. The fraction of sp³-hybridized carbons (Fsp3) is 0. The molecule has 268 valence electrons. The zero-order valence-electron chi connectivity index (χ0n) is 31.0. The zero-order chi connectivity index (χ0) is 37.7. The minimum Gasteiger partial charge on any atom is -0.456 e. The van der Waals surface area contributed by atoms with E-state index in [9.17, 15) is 0 Å². The lowest BCUT2D eigenvalue weighted by Crippen LogP contribution is -2.13. The van der Waals surface area contributed by atoms with Crippen molar-refractivity contribution >= 4 is 60.9 Å². The van der Waals surface area contributed by atoms with Gasteiger partial charge in [-0.1, -0.05) is 152 Å². The lowest BCUT2D eigenvalue weighted by Gasteiger charge is -2.28. The van der Waals surface area contributed by atoms with Crippen molar-refractivity contribution in [2.75, 3.05) is 4.90 Å². The highest BCUT2D eigenvalue weighted by molar-refractivity contribution is 6.09. The Morgan fingerprint density at radius 1 is 0.421 bits per heavy atom. The van der Waals surface area contributed by atoms with Crippen LogP contribution in [0.15, 0.2) is 217 Å². The topological polar surface area (TPSA) is 34.2 Å². The summed E-state index contributed by atoms with van der Waals surface area (Å²) in [5.41, 5.74) is 13.9. The largest absolute Gasteiger partial charge is 0.456 e. The molecule has 0 amide bonds. The minimum absolute atomic E-state index is 0.763. The minimum atomic E-state index is 0.763. The fourth-order valence-corrected chi connectivity index (χ4v) is 8.45. The van der Waals surface area contributed by atoms with E-state index in [0.717, 1.165) is 72.6 Å². The molecule has 0 N–H and O–H groups in total. The van der Waals surface area contributed by atoms with Crippen LogP contribution in [-0.4, -0.2) is 9.55 Å². The molecule has 0 spiro atoms. The second-order valence-corrected chi connectivity index (χ2v) is 14.4. The fourth-order valence-electron chi connectivity index (χ4n) is 8.45. The summed E-state index contributed by atoms with van der Waals surface area (Å²) >= 11 is 0. The molecular weight excluding hydrogens is 695 g/mol. The van der Waals surface area contributed by atoms with Gasteiger partial charge in [-0.15, -0.1) is 0 Å². The van der Waals surface area contributed by atoms with Crippen LogP contribution in [0.1, 0.15) is 0 Å². The first-order valence-corrected chi connectivity index (χ1v) is 19.3. The van der Waals surface area contributed by atoms with E-state index in [1.807, 2.05) is 24.4 Å². The van der Waals surface area contributed by atoms with Crippen LogP contribution in [0.5, 0.6) is 0 Å². The molecule has 0 unspecified atom stereocenters. The number of nitrogens with zero attached hydrogens (tertiary/aromatic N) is 3. The van der Waals surface area contributed by atoms with Gasteiger partial charge in [0.05, 0.1) is 16.7 Å². The first-order chi connectivity index (χ1) is 28.3. The predicted octanol–water partition coefficient (Wildman–Crippen LogP) is 14.5. The van der Waals surface area contributed by atoms with Gasteiger partial charge in [-0.3, -0.25) is 4.90 Å². The quantitative estimate of drug-likeness (QED) is 0.164. The number of hydrogen-bond donors (Lipinski definition) is 0. The highest BCUT2D eigenvalue weighted by Crippen LogP contribution is 2.46. The van der Waals surface area contributed by atoms with Gasteiger partial charge in [0.15, 0.2) is 0 Å². The maximum Gasteiger partial charge on any atom is 0.141 e. The van der Waals surface area contributed by atoms with Crippen LogP contribution in [0.25, 0.3) is 82.8 Å². The van der Waals surface area contributed by atoms with Crippen molar-refractivity contribution in [3.8, 4) is 39.1 Å². The molecule has 3 aromatic heterocycles. The molecule has 4 heteroatoms. The second-order valence-electron chi connectivity index (χ2n) is 14.4. The highest BCUT2D eigenvalue weighted by atomic mass is 16.3. The van der Waals surface area contributed by atoms with E-state index in [4.69, 9.17) is 9.40 Å². The summed E-state index contributed by atoms with van der Waals surface area (Å²) in [6.45, 7) is 0. The number of anilines is 3. The van der Waals surface area contributed by atoms with Crippen LogP contribution in [0.2, 0.25) is 0 Å². The molecule has 0 saturated heterocycles. The van der Waals surface area contributed by atoms with Crippen molar-refractivity contribution < 1.29 is 4.42 Å². The molecule has 11 aromatic rings.